The highest BCUT2D eigenvalue weighted by Crippen LogP contribution is 2.24. The van der Waals surface area contributed by atoms with Gasteiger partial charge >= 0.3 is 0 Å². The summed E-state index contributed by atoms with van der Waals surface area (Å²) in [6.45, 7) is 4.54. The zero-order chi connectivity index (χ0) is 13.7. The van der Waals surface area contributed by atoms with Gasteiger partial charge in [0.1, 0.15) is 22.5 Å². The predicted molar refractivity (Wildman–Crippen MR) is 74.1 cm³/mol. The van der Waals surface area contributed by atoms with Crippen molar-refractivity contribution in [2.24, 2.45) is 0 Å². The van der Waals surface area contributed by atoms with E-state index in [1.807, 2.05) is 24.3 Å². The molecule has 0 radical (unpaired) electrons. The van der Waals surface area contributed by atoms with E-state index in [9.17, 15) is 0 Å². The van der Waals surface area contributed by atoms with Gasteiger partial charge in [0.2, 0.25) is 5.88 Å². The van der Waals surface area contributed by atoms with Gasteiger partial charge < -0.3 is 9.47 Å². The van der Waals surface area contributed by atoms with Crippen LogP contribution in [0.3, 0.4) is 0 Å². The molecule has 0 unspecified atom stereocenters. The largest absolute Gasteiger partial charge is 0.494 e. The number of ether oxygens (including phenoxy) is 2. The predicted octanol–water partition coefficient (Wildman–Crippen LogP) is 4.02. The zero-order valence-electron chi connectivity index (χ0n) is 10.9. The number of aryl methyl sites for hydroxylation is 1. The van der Waals surface area contributed by atoms with Crippen LogP contribution in [0.4, 0.5) is 0 Å². The second-order valence-corrected chi connectivity index (χ2v) is 4.39. The molecular formula is C14H15ClN2O2. The monoisotopic (exact) mass is 278 g/mol. The van der Waals surface area contributed by atoms with E-state index in [0.29, 0.717) is 29.2 Å². The van der Waals surface area contributed by atoms with E-state index in [2.05, 4.69) is 16.9 Å². The Hall–Kier alpha value is -1.81. The highest BCUT2D eigenvalue weighted by Gasteiger charge is 2.03. The summed E-state index contributed by atoms with van der Waals surface area (Å²) in [6.07, 6.45) is 0.983. The smallest absolute Gasteiger partial charge is 0.224 e. The van der Waals surface area contributed by atoms with Crippen LogP contribution in [-0.2, 0) is 0 Å². The fourth-order valence-electron chi connectivity index (χ4n) is 1.50. The van der Waals surface area contributed by atoms with Crippen molar-refractivity contribution in [1.82, 2.24) is 9.97 Å². The van der Waals surface area contributed by atoms with Crippen LogP contribution in [-0.4, -0.2) is 16.6 Å². The van der Waals surface area contributed by atoms with Gasteiger partial charge in [0, 0.05) is 6.07 Å². The molecule has 0 bridgehead atoms. The van der Waals surface area contributed by atoms with Gasteiger partial charge in [-0.3, -0.25) is 0 Å². The van der Waals surface area contributed by atoms with Crippen LogP contribution in [0.1, 0.15) is 19.2 Å². The van der Waals surface area contributed by atoms with Gasteiger partial charge in [0.25, 0.3) is 0 Å². The molecule has 0 saturated carbocycles. The third-order valence-electron chi connectivity index (χ3n) is 2.30. The van der Waals surface area contributed by atoms with Gasteiger partial charge in [0.05, 0.1) is 6.61 Å². The van der Waals surface area contributed by atoms with Crippen LogP contribution in [0.15, 0.2) is 30.3 Å². The quantitative estimate of drug-likeness (QED) is 0.775. The van der Waals surface area contributed by atoms with E-state index in [1.54, 1.807) is 13.0 Å². The lowest BCUT2D eigenvalue weighted by Crippen LogP contribution is -1.95. The summed E-state index contributed by atoms with van der Waals surface area (Å²) in [5.74, 6) is 2.51. The maximum Gasteiger partial charge on any atom is 0.224 e. The molecule has 0 atom stereocenters. The molecule has 1 heterocycles. The third-order valence-corrected chi connectivity index (χ3v) is 2.50. The van der Waals surface area contributed by atoms with E-state index in [0.717, 1.165) is 12.2 Å². The van der Waals surface area contributed by atoms with E-state index < -0.39 is 0 Å². The molecule has 0 N–H and O–H groups in total. The van der Waals surface area contributed by atoms with Crippen molar-refractivity contribution < 1.29 is 9.47 Å². The van der Waals surface area contributed by atoms with Crippen LogP contribution >= 0.6 is 11.6 Å². The molecule has 2 rings (SSSR count). The number of hydrogen-bond acceptors (Lipinski definition) is 4. The number of halogens is 1. The minimum atomic E-state index is 0.366. The standard InChI is InChI=1S/C14H15ClN2O2/c1-3-8-18-11-4-6-12(7-5-11)19-14-9-13(15)16-10(2)17-14/h4-7,9H,3,8H2,1-2H3. The Morgan fingerprint density at radius 2 is 1.79 bits per heavy atom. The number of rotatable bonds is 5. The molecule has 1 aromatic carbocycles. The van der Waals surface area contributed by atoms with Crippen molar-refractivity contribution >= 4 is 11.6 Å². The van der Waals surface area contributed by atoms with E-state index in [-0.39, 0.29) is 0 Å². The van der Waals surface area contributed by atoms with Gasteiger partial charge in [-0.1, -0.05) is 18.5 Å². The van der Waals surface area contributed by atoms with Gasteiger partial charge in [-0.15, -0.1) is 0 Å². The normalized spacial score (nSPS) is 10.3. The Morgan fingerprint density at radius 3 is 2.42 bits per heavy atom. The second-order valence-electron chi connectivity index (χ2n) is 4.00. The number of aromatic nitrogens is 2. The number of nitrogens with zero attached hydrogens (tertiary/aromatic N) is 2. The average Bonchev–Trinajstić information content (AvgIpc) is 2.37. The first-order valence-corrected chi connectivity index (χ1v) is 6.47. The van der Waals surface area contributed by atoms with Gasteiger partial charge in [0.15, 0.2) is 0 Å². The van der Waals surface area contributed by atoms with Crippen molar-refractivity contribution in [1.29, 1.82) is 0 Å². The molecule has 4 nitrogen and oxygen atoms in total. The third kappa shape index (κ3) is 4.10. The molecular weight excluding hydrogens is 264 g/mol. The molecule has 0 aliphatic heterocycles. The van der Waals surface area contributed by atoms with Crippen molar-refractivity contribution in [2.75, 3.05) is 6.61 Å². The fraction of sp³-hybridized carbons (Fsp3) is 0.286. The molecule has 1 aromatic heterocycles. The molecule has 0 amide bonds. The van der Waals surface area contributed by atoms with Gasteiger partial charge in [-0.2, -0.15) is 4.98 Å². The average molecular weight is 279 g/mol. The van der Waals surface area contributed by atoms with Crippen molar-refractivity contribution in [3.63, 3.8) is 0 Å². The first-order chi connectivity index (χ1) is 9.17. The van der Waals surface area contributed by atoms with Crippen molar-refractivity contribution in [3.8, 4) is 17.4 Å². The van der Waals surface area contributed by atoms with Crippen LogP contribution in [0, 0.1) is 6.92 Å². The minimum absolute atomic E-state index is 0.366. The minimum Gasteiger partial charge on any atom is -0.494 e. The Kier molecular flexibility index (Phi) is 4.58. The first kappa shape index (κ1) is 13.6. The molecule has 0 aliphatic carbocycles. The van der Waals surface area contributed by atoms with Crippen molar-refractivity contribution in [2.45, 2.75) is 20.3 Å². The summed E-state index contributed by atoms with van der Waals surface area (Å²) in [5, 5.41) is 0.366. The summed E-state index contributed by atoms with van der Waals surface area (Å²) in [4.78, 5) is 8.13. The molecule has 0 aliphatic rings. The van der Waals surface area contributed by atoms with E-state index >= 15 is 0 Å². The fourth-order valence-corrected chi connectivity index (χ4v) is 1.72. The Balaban J connectivity index is 2.06. The molecule has 0 fully saturated rings. The first-order valence-electron chi connectivity index (χ1n) is 6.09. The SMILES string of the molecule is CCCOc1ccc(Oc2cc(Cl)nc(C)n2)cc1. The second kappa shape index (κ2) is 6.38. The van der Waals surface area contributed by atoms with Crippen LogP contribution in [0.2, 0.25) is 5.15 Å². The number of benzene rings is 1. The van der Waals surface area contributed by atoms with Crippen molar-refractivity contribution in [3.05, 3.63) is 41.3 Å². The number of hydrogen-bond donors (Lipinski definition) is 0. The zero-order valence-corrected chi connectivity index (χ0v) is 11.6. The summed E-state index contributed by atoms with van der Waals surface area (Å²) in [7, 11) is 0. The summed E-state index contributed by atoms with van der Waals surface area (Å²) >= 11 is 5.85. The molecule has 19 heavy (non-hydrogen) atoms. The Labute approximate surface area is 117 Å². The maximum absolute atomic E-state index is 5.85. The molecule has 5 heteroatoms. The highest BCUT2D eigenvalue weighted by molar-refractivity contribution is 6.29. The molecule has 0 saturated heterocycles. The van der Waals surface area contributed by atoms with Gasteiger partial charge in [-0.05, 0) is 37.6 Å². The summed E-state index contributed by atoms with van der Waals surface area (Å²) in [5.41, 5.74) is 0. The van der Waals surface area contributed by atoms with E-state index in [4.69, 9.17) is 21.1 Å². The van der Waals surface area contributed by atoms with Crippen LogP contribution < -0.4 is 9.47 Å². The Morgan fingerprint density at radius 1 is 1.11 bits per heavy atom. The molecule has 100 valence electrons. The summed E-state index contributed by atoms with van der Waals surface area (Å²) in [6, 6.07) is 8.96. The molecule has 2 aromatic rings. The highest BCUT2D eigenvalue weighted by atomic mass is 35.5. The topological polar surface area (TPSA) is 44.2 Å². The lowest BCUT2D eigenvalue weighted by atomic mass is 10.3. The van der Waals surface area contributed by atoms with Crippen LogP contribution in [0.25, 0.3) is 0 Å². The Bertz CT molecular complexity index is 523. The lowest BCUT2D eigenvalue weighted by molar-refractivity contribution is 0.317. The maximum atomic E-state index is 5.85. The van der Waals surface area contributed by atoms with Crippen LogP contribution in [0.5, 0.6) is 17.4 Å². The molecule has 0 spiro atoms. The van der Waals surface area contributed by atoms with E-state index in [1.165, 1.54) is 0 Å². The summed E-state index contributed by atoms with van der Waals surface area (Å²) < 4.78 is 11.1. The lowest BCUT2D eigenvalue weighted by Gasteiger charge is -2.07. The van der Waals surface area contributed by atoms with Gasteiger partial charge in [-0.25, -0.2) is 4.98 Å².